The number of carbonyl (C=O) groups excluding carboxylic acids is 3. The van der Waals surface area contributed by atoms with Crippen molar-refractivity contribution in [3.8, 4) is 5.82 Å². The number of rotatable bonds is 8. The van der Waals surface area contributed by atoms with Crippen molar-refractivity contribution in [2.75, 3.05) is 0 Å². The van der Waals surface area contributed by atoms with Crippen LogP contribution in [-0.2, 0) is 16.0 Å². The molecule has 0 aliphatic heterocycles. The highest BCUT2D eigenvalue weighted by Gasteiger charge is 2.27. The van der Waals surface area contributed by atoms with E-state index >= 15 is 0 Å². The Labute approximate surface area is 176 Å². The number of furan rings is 1. The minimum absolute atomic E-state index is 0.175. The standard InChI is InChI=1S/C22H19N5O4/c23-21(29)20(28)16(9-8-14-13-31-18-6-2-1-5-15(14)18)26-22(30)17-10-12-25-27(17)19-7-3-4-11-24-19/h1-7,10-13,16H,8-9H2,(H2,23,29)(H,26,30). The second-order valence-electron chi connectivity index (χ2n) is 6.87. The van der Waals surface area contributed by atoms with Crippen molar-refractivity contribution in [2.45, 2.75) is 18.9 Å². The number of aryl methyl sites for hydroxylation is 1. The summed E-state index contributed by atoms with van der Waals surface area (Å²) >= 11 is 0. The van der Waals surface area contributed by atoms with E-state index in [1.807, 2.05) is 24.3 Å². The number of nitrogens with two attached hydrogens (primary N) is 1. The minimum atomic E-state index is -1.11. The van der Waals surface area contributed by atoms with Gasteiger partial charge in [0.1, 0.15) is 11.3 Å². The SMILES string of the molecule is NC(=O)C(=O)C(CCc1coc2ccccc12)NC(=O)c1ccnn1-c1ccccn1. The molecule has 1 aromatic carbocycles. The van der Waals surface area contributed by atoms with Crippen molar-refractivity contribution in [3.05, 3.63) is 78.4 Å². The van der Waals surface area contributed by atoms with Crippen molar-refractivity contribution in [2.24, 2.45) is 5.73 Å². The van der Waals surface area contributed by atoms with Gasteiger partial charge in [0, 0.05) is 11.6 Å². The largest absolute Gasteiger partial charge is 0.464 e. The molecule has 156 valence electrons. The average molecular weight is 417 g/mol. The molecule has 9 heteroatoms. The van der Waals surface area contributed by atoms with Gasteiger partial charge in [-0.05, 0) is 42.7 Å². The van der Waals surface area contributed by atoms with E-state index in [0.717, 1.165) is 16.5 Å². The lowest BCUT2D eigenvalue weighted by atomic mass is 10.0. The number of Topliss-reactive ketones (excluding diaryl/α,β-unsaturated/α-hetero) is 1. The van der Waals surface area contributed by atoms with Gasteiger partial charge in [-0.15, -0.1) is 0 Å². The van der Waals surface area contributed by atoms with Gasteiger partial charge in [-0.25, -0.2) is 9.67 Å². The van der Waals surface area contributed by atoms with Gasteiger partial charge in [0.05, 0.1) is 18.5 Å². The van der Waals surface area contributed by atoms with Gasteiger partial charge in [0.15, 0.2) is 5.82 Å². The third-order valence-electron chi connectivity index (χ3n) is 4.87. The van der Waals surface area contributed by atoms with Crippen LogP contribution in [0, 0.1) is 0 Å². The molecule has 3 N–H and O–H groups in total. The van der Waals surface area contributed by atoms with Crippen LogP contribution in [0.1, 0.15) is 22.5 Å². The zero-order chi connectivity index (χ0) is 21.8. The molecule has 0 saturated carbocycles. The number of hydrogen-bond acceptors (Lipinski definition) is 6. The number of amides is 2. The van der Waals surface area contributed by atoms with Gasteiger partial charge in [-0.3, -0.25) is 14.4 Å². The van der Waals surface area contributed by atoms with E-state index in [4.69, 9.17) is 10.2 Å². The maximum absolute atomic E-state index is 12.9. The van der Waals surface area contributed by atoms with Gasteiger partial charge in [-0.2, -0.15) is 5.10 Å². The second-order valence-corrected chi connectivity index (χ2v) is 6.87. The van der Waals surface area contributed by atoms with Crippen LogP contribution in [0.25, 0.3) is 16.8 Å². The van der Waals surface area contributed by atoms with Gasteiger partial charge in [0.25, 0.3) is 11.8 Å². The fourth-order valence-corrected chi connectivity index (χ4v) is 3.34. The fourth-order valence-electron chi connectivity index (χ4n) is 3.34. The van der Waals surface area contributed by atoms with E-state index in [9.17, 15) is 14.4 Å². The molecule has 4 rings (SSSR count). The number of carbonyl (C=O) groups is 3. The van der Waals surface area contributed by atoms with Crippen molar-refractivity contribution >= 4 is 28.6 Å². The van der Waals surface area contributed by atoms with Crippen LogP contribution in [0.5, 0.6) is 0 Å². The summed E-state index contributed by atoms with van der Waals surface area (Å²) in [6.07, 6.45) is 5.21. The second kappa shape index (κ2) is 8.62. The maximum atomic E-state index is 12.9. The minimum Gasteiger partial charge on any atom is -0.464 e. The van der Waals surface area contributed by atoms with E-state index in [-0.39, 0.29) is 12.1 Å². The Bertz CT molecular complexity index is 1250. The molecule has 0 fully saturated rings. The van der Waals surface area contributed by atoms with Crippen LogP contribution in [0.2, 0.25) is 0 Å². The molecule has 3 aromatic heterocycles. The quantitative estimate of drug-likeness (QED) is 0.420. The van der Waals surface area contributed by atoms with E-state index in [1.54, 1.807) is 30.7 Å². The zero-order valence-corrected chi connectivity index (χ0v) is 16.4. The Kier molecular flexibility index (Phi) is 5.57. The van der Waals surface area contributed by atoms with Crippen LogP contribution >= 0.6 is 0 Å². The Morgan fingerprint density at radius 3 is 2.65 bits per heavy atom. The molecule has 9 nitrogen and oxygen atoms in total. The van der Waals surface area contributed by atoms with E-state index in [2.05, 4.69) is 15.4 Å². The molecule has 0 radical (unpaired) electrons. The Morgan fingerprint density at radius 1 is 1.06 bits per heavy atom. The van der Waals surface area contributed by atoms with Crippen molar-refractivity contribution in [3.63, 3.8) is 0 Å². The number of para-hydroxylation sites is 1. The molecule has 0 aliphatic carbocycles. The molecular weight excluding hydrogens is 398 g/mol. The third-order valence-corrected chi connectivity index (χ3v) is 4.87. The Morgan fingerprint density at radius 2 is 1.87 bits per heavy atom. The normalized spacial score (nSPS) is 11.9. The number of ketones is 1. The third kappa shape index (κ3) is 4.20. The predicted molar refractivity (Wildman–Crippen MR) is 111 cm³/mol. The van der Waals surface area contributed by atoms with Gasteiger partial charge in [-0.1, -0.05) is 24.3 Å². The number of nitrogens with one attached hydrogen (secondary N) is 1. The molecule has 4 aromatic rings. The average Bonchev–Trinajstić information content (AvgIpc) is 3.44. The van der Waals surface area contributed by atoms with Gasteiger partial charge < -0.3 is 15.5 Å². The van der Waals surface area contributed by atoms with Crippen LogP contribution in [0.15, 0.2) is 71.6 Å². The van der Waals surface area contributed by atoms with Crippen molar-refractivity contribution in [1.29, 1.82) is 0 Å². The number of aromatic nitrogens is 3. The van der Waals surface area contributed by atoms with Gasteiger partial charge >= 0.3 is 0 Å². The van der Waals surface area contributed by atoms with Crippen LogP contribution < -0.4 is 11.1 Å². The topological polar surface area (TPSA) is 133 Å². The summed E-state index contributed by atoms with van der Waals surface area (Å²) in [6.45, 7) is 0. The van der Waals surface area contributed by atoms with E-state index in [1.165, 1.54) is 16.9 Å². The molecule has 0 aliphatic rings. The van der Waals surface area contributed by atoms with Gasteiger partial charge in [0.2, 0.25) is 5.78 Å². The highest BCUT2D eigenvalue weighted by atomic mass is 16.3. The number of hydrogen-bond donors (Lipinski definition) is 2. The van der Waals surface area contributed by atoms with Crippen LogP contribution in [0.4, 0.5) is 0 Å². The zero-order valence-electron chi connectivity index (χ0n) is 16.4. The maximum Gasteiger partial charge on any atom is 0.287 e. The van der Waals surface area contributed by atoms with Crippen LogP contribution in [0.3, 0.4) is 0 Å². The monoisotopic (exact) mass is 417 g/mol. The first-order chi connectivity index (χ1) is 15.0. The molecule has 1 atom stereocenters. The van der Waals surface area contributed by atoms with Crippen LogP contribution in [-0.4, -0.2) is 38.4 Å². The lowest BCUT2D eigenvalue weighted by Crippen LogP contribution is -2.46. The highest BCUT2D eigenvalue weighted by molar-refractivity contribution is 6.38. The molecule has 0 saturated heterocycles. The summed E-state index contributed by atoms with van der Waals surface area (Å²) in [5, 5.41) is 7.64. The fraction of sp³-hybridized carbons (Fsp3) is 0.136. The number of primary amides is 1. The first kappa shape index (κ1) is 20.0. The molecule has 3 heterocycles. The summed E-state index contributed by atoms with van der Waals surface area (Å²) in [4.78, 5) is 41.0. The predicted octanol–water partition coefficient (Wildman–Crippen LogP) is 1.80. The first-order valence-corrected chi connectivity index (χ1v) is 9.59. The Balaban J connectivity index is 1.54. The smallest absolute Gasteiger partial charge is 0.287 e. The number of fused-ring (bicyclic) bond motifs is 1. The summed E-state index contributed by atoms with van der Waals surface area (Å²) in [5.41, 5.74) is 6.97. The lowest BCUT2D eigenvalue weighted by Gasteiger charge is -2.16. The van der Waals surface area contributed by atoms with E-state index < -0.39 is 23.6 Å². The molecule has 31 heavy (non-hydrogen) atoms. The highest BCUT2D eigenvalue weighted by Crippen LogP contribution is 2.22. The molecule has 2 amide bonds. The lowest BCUT2D eigenvalue weighted by molar-refractivity contribution is -0.137. The molecular formula is C22H19N5O4. The summed E-state index contributed by atoms with van der Waals surface area (Å²) < 4.78 is 6.86. The summed E-state index contributed by atoms with van der Waals surface area (Å²) in [5.74, 6) is -2.11. The number of pyridine rings is 1. The molecule has 1 unspecified atom stereocenters. The van der Waals surface area contributed by atoms with Crippen molar-refractivity contribution < 1.29 is 18.8 Å². The molecule has 0 spiro atoms. The Hall–Kier alpha value is -4.27. The number of benzene rings is 1. The van der Waals surface area contributed by atoms with E-state index in [0.29, 0.717) is 12.2 Å². The summed E-state index contributed by atoms with van der Waals surface area (Å²) in [7, 11) is 0. The first-order valence-electron chi connectivity index (χ1n) is 9.59. The van der Waals surface area contributed by atoms with Crippen molar-refractivity contribution in [1.82, 2.24) is 20.1 Å². The number of nitrogens with zero attached hydrogens (tertiary/aromatic N) is 3. The summed E-state index contributed by atoms with van der Waals surface area (Å²) in [6, 6.07) is 13.1. The molecule has 0 bridgehead atoms.